The van der Waals surface area contributed by atoms with Crippen LogP contribution in [0.4, 0.5) is 5.82 Å². The first kappa shape index (κ1) is 22.3. The summed E-state index contributed by atoms with van der Waals surface area (Å²) in [6.07, 6.45) is 8.81. The first-order valence-corrected chi connectivity index (χ1v) is 12.0. The van der Waals surface area contributed by atoms with Gasteiger partial charge in [-0.15, -0.1) is 0 Å². The van der Waals surface area contributed by atoms with Gasteiger partial charge in [-0.1, -0.05) is 55.7 Å². The summed E-state index contributed by atoms with van der Waals surface area (Å²) in [5.74, 6) is 1.43. The fourth-order valence-electron chi connectivity index (χ4n) is 4.87. The Morgan fingerprint density at radius 3 is 2.34 bits per heavy atom. The van der Waals surface area contributed by atoms with Gasteiger partial charge in [0.25, 0.3) is 0 Å². The molecule has 0 bridgehead atoms. The maximum atomic E-state index is 13.5. The molecule has 1 aromatic heterocycles. The molecule has 2 heterocycles. The van der Waals surface area contributed by atoms with Gasteiger partial charge in [0.15, 0.2) is 0 Å². The second-order valence-corrected chi connectivity index (χ2v) is 9.02. The van der Waals surface area contributed by atoms with Crippen LogP contribution in [0.25, 0.3) is 0 Å². The summed E-state index contributed by atoms with van der Waals surface area (Å²) in [7, 11) is 0. The first-order valence-electron chi connectivity index (χ1n) is 12.0. The van der Waals surface area contributed by atoms with Gasteiger partial charge in [-0.2, -0.15) is 0 Å². The lowest BCUT2D eigenvalue weighted by Crippen LogP contribution is -2.55. The van der Waals surface area contributed by atoms with E-state index in [1.807, 2.05) is 53.4 Å². The molecule has 32 heavy (non-hydrogen) atoms. The van der Waals surface area contributed by atoms with E-state index < -0.39 is 6.04 Å². The zero-order valence-corrected chi connectivity index (χ0v) is 18.8. The highest BCUT2D eigenvalue weighted by atomic mass is 16.2. The number of carbonyl (C=O) groups excluding carboxylic acids is 2. The standard InChI is InChI=1S/C26H34N4O2/c31-25(20-22-11-5-2-6-12-22)28-23(19-21-9-3-1-4-10-21)26(32)30-17-15-29(16-18-30)24-13-7-8-14-27-24/h1,3-4,7-10,13-14,22-23H,2,5-6,11-12,15-20H2,(H,28,31)/t23-/m1/s1. The third kappa shape index (κ3) is 6.09. The van der Waals surface area contributed by atoms with Crippen molar-refractivity contribution in [3.8, 4) is 0 Å². The number of amides is 2. The Bertz CT molecular complexity index is 860. The van der Waals surface area contributed by atoms with Crippen molar-refractivity contribution in [3.63, 3.8) is 0 Å². The molecule has 6 heteroatoms. The first-order chi connectivity index (χ1) is 15.7. The molecule has 0 radical (unpaired) electrons. The molecule has 4 rings (SSSR count). The maximum absolute atomic E-state index is 13.5. The van der Waals surface area contributed by atoms with Crippen molar-refractivity contribution < 1.29 is 9.59 Å². The van der Waals surface area contributed by atoms with E-state index in [1.165, 1.54) is 19.3 Å². The van der Waals surface area contributed by atoms with Gasteiger partial charge in [-0.05, 0) is 36.5 Å². The number of anilines is 1. The minimum absolute atomic E-state index is 0.0123. The van der Waals surface area contributed by atoms with E-state index in [-0.39, 0.29) is 11.8 Å². The molecule has 2 aromatic rings. The summed E-state index contributed by atoms with van der Waals surface area (Å²) in [6, 6.07) is 15.3. The summed E-state index contributed by atoms with van der Waals surface area (Å²) >= 11 is 0. The zero-order valence-electron chi connectivity index (χ0n) is 18.8. The summed E-state index contributed by atoms with van der Waals surface area (Å²) in [5.41, 5.74) is 1.07. The van der Waals surface area contributed by atoms with Gasteiger partial charge < -0.3 is 15.1 Å². The molecule has 1 atom stereocenters. The topological polar surface area (TPSA) is 65.5 Å². The van der Waals surface area contributed by atoms with E-state index in [1.54, 1.807) is 6.20 Å². The van der Waals surface area contributed by atoms with Gasteiger partial charge in [0.1, 0.15) is 11.9 Å². The monoisotopic (exact) mass is 434 g/mol. The van der Waals surface area contributed by atoms with Crippen LogP contribution in [0.15, 0.2) is 54.7 Å². The quantitative estimate of drug-likeness (QED) is 0.725. The molecule has 2 amide bonds. The Morgan fingerprint density at radius 2 is 1.66 bits per heavy atom. The molecule has 1 N–H and O–H groups in total. The van der Waals surface area contributed by atoms with Crippen LogP contribution in [0, 0.1) is 5.92 Å². The number of aromatic nitrogens is 1. The molecule has 1 saturated carbocycles. The van der Waals surface area contributed by atoms with Gasteiger partial charge in [0.05, 0.1) is 0 Å². The third-order valence-electron chi connectivity index (χ3n) is 6.68. The Hall–Kier alpha value is -2.89. The van der Waals surface area contributed by atoms with E-state index in [0.29, 0.717) is 31.8 Å². The highest BCUT2D eigenvalue weighted by Gasteiger charge is 2.30. The number of rotatable bonds is 7. The van der Waals surface area contributed by atoms with Gasteiger partial charge in [0.2, 0.25) is 11.8 Å². The smallest absolute Gasteiger partial charge is 0.245 e. The van der Waals surface area contributed by atoms with E-state index in [0.717, 1.165) is 37.3 Å². The van der Waals surface area contributed by atoms with Crippen LogP contribution < -0.4 is 10.2 Å². The number of nitrogens with zero attached hydrogens (tertiary/aromatic N) is 3. The summed E-state index contributed by atoms with van der Waals surface area (Å²) < 4.78 is 0. The number of piperazine rings is 1. The Labute approximate surface area is 191 Å². The average molecular weight is 435 g/mol. The Morgan fingerprint density at radius 1 is 0.938 bits per heavy atom. The van der Waals surface area contributed by atoms with Crippen molar-refractivity contribution in [1.82, 2.24) is 15.2 Å². The van der Waals surface area contributed by atoms with Crippen LogP contribution in [0.3, 0.4) is 0 Å². The maximum Gasteiger partial charge on any atom is 0.245 e. The lowest BCUT2D eigenvalue weighted by molar-refractivity contribution is -0.137. The minimum atomic E-state index is -0.519. The molecule has 1 saturated heterocycles. The average Bonchev–Trinajstić information content (AvgIpc) is 2.85. The molecule has 1 aliphatic carbocycles. The molecule has 170 valence electrons. The largest absolute Gasteiger partial charge is 0.353 e. The fraction of sp³-hybridized carbons (Fsp3) is 0.500. The van der Waals surface area contributed by atoms with Crippen LogP contribution >= 0.6 is 0 Å². The van der Waals surface area contributed by atoms with Crippen LogP contribution in [0.2, 0.25) is 0 Å². The van der Waals surface area contributed by atoms with Crippen LogP contribution in [-0.4, -0.2) is 53.9 Å². The highest BCUT2D eigenvalue weighted by molar-refractivity contribution is 5.88. The highest BCUT2D eigenvalue weighted by Crippen LogP contribution is 2.26. The van der Waals surface area contributed by atoms with Crippen molar-refractivity contribution in [1.29, 1.82) is 0 Å². The van der Waals surface area contributed by atoms with E-state index in [9.17, 15) is 9.59 Å². The molecule has 0 spiro atoms. The van der Waals surface area contributed by atoms with Gasteiger partial charge in [-0.3, -0.25) is 9.59 Å². The molecule has 1 aromatic carbocycles. The predicted octanol–water partition coefficient (Wildman–Crippen LogP) is 3.43. The summed E-state index contributed by atoms with van der Waals surface area (Å²) in [5, 5.41) is 3.10. The lowest BCUT2D eigenvalue weighted by Gasteiger charge is -2.37. The molecule has 2 fully saturated rings. The van der Waals surface area contributed by atoms with Crippen LogP contribution in [-0.2, 0) is 16.0 Å². The number of pyridine rings is 1. The van der Waals surface area contributed by atoms with Crippen LogP contribution in [0.5, 0.6) is 0 Å². The van der Waals surface area contributed by atoms with Crippen molar-refractivity contribution in [2.45, 2.75) is 51.0 Å². The second-order valence-electron chi connectivity index (χ2n) is 9.02. The molecular formula is C26H34N4O2. The van der Waals surface area contributed by atoms with Crippen molar-refractivity contribution in [3.05, 3.63) is 60.3 Å². The molecule has 2 aliphatic rings. The second kappa shape index (κ2) is 11.1. The fourth-order valence-corrected chi connectivity index (χ4v) is 4.87. The normalized spacial score (nSPS) is 18.2. The number of hydrogen-bond acceptors (Lipinski definition) is 4. The Balaban J connectivity index is 1.38. The molecule has 0 unspecified atom stereocenters. The SMILES string of the molecule is O=C(CC1CCCCC1)N[C@H](Cc1ccccc1)C(=O)N1CCN(c2ccccn2)CC1. The number of carbonyl (C=O) groups is 2. The van der Waals surface area contributed by atoms with Crippen molar-refractivity contribution in [2.75, 3.05) is 31.1 Å². The molecule has 1 aliphatic heterocycles. The summed E-state index contributed by atoms with van der Waals surface area (Å²) in [4.78, 5) is 34.8. The summed E-state index contributed by atoms with van der Waals surface area (Å²) in [6.45, 7) is 2.77. The lowest BCUT2D eigenvalue weighted by atomic mass is 9.86. The number of nitrogens with one attached hydrogen (secondary N) is 1. The van der Waals surface area contributed by atoms with Crippen molar-refractivity contribution >= 4 is 17.6 Å². The predicted molar refractivity (Wildman–Crippen MR) is 126 cm³/mol. The van der Waals surface area contributed by atoms with E-state index in [2.05, 4.69) is 15.2 Å². The molecular weight excluding hydrogens is 400 g/mol. The van der Waals surface area contributed by atoms with Crippen LogP contribution in [0.1, 0.15) is 44.1 Å². The minimum Gasteiger partial charge on any atom is -0.353 e. The van der Waals surface area contributed by atoms with Gasteiger partial charge >= 0.3 is 0 Å². The zero-order chi connectivity index (χ0) is 22.2. The van der Waals surface area contributed by atoms with Gasteiger partial charge in [-0.25, -0.2) is 4.98 Å². The van der Waals surface area contributed by atoms with Crippen molar-refractivity contribution in [2.24, 2.45) is 5.92 Å². The Kier molecular flexibility index (Phi) is 7.75. The number of benzene rings is 1. The van der Waals surface area contributed by atoms with E-state index >= 15 is 0 Å². The van der Waals surface area contributed by atoms with Gasteiger partial charge in [0, 0.05) is 45.2 Å². The third-order valence-corrected chi connectivity index (χ3v) is 6.68. The van der Waals surface area contributed by atoms with E-state index in [4.69, 9.17) is 0 Å². The molecule has 6 nitrogen and oxygen atoms in total. The number of hydrogen-bond donors (Lipinski definition) is 1.